The number of aliphatic hydroxyl groups excluding tert-OH is 1. The maximum Gasteiger partial charge on any atom is 0.249 e. The zero-order valence-electron chi connectivity index (χ0n) is 7.32. The number of hydrogen-bond acceptors (Lipinski definition) is 1. The Balaban J connectivity index is 0.000000461. The van der Waals surface area contributed by atoms with Gasteiger partial charge in [-0.25, -0.2) is 8.78 Å². The van der Waals surface area contributed by atoms with E-state index >= 15 is 0 Å². The standard InChI is InChI=1S/C6H10F2O.C2H6/c1-5(4-9)2-6(7,8)3-5;1-2/h9H,2-4H2,1H3;1-2H3. The molecule has 11 heavy (non-hydrogen) atoms. The average Bonchev–Trinajstić information content (AvgIpc) is 1.88. The minimum absolute atomic E-state index is 0.122. The molecule has 0 bridgehead atoms. The van der Waals surface area contributed by atoms with Crippen LogP contribution in [0, 0.1) is 5.41 Å². The summed E-state index contributed by atoms with van der Waals surface area (Å²) < 4.78 is 24.2. The molecule has 1 aliphatic carbocycles. The van der Waals surface area contributed by atoms with E-state index in [4.69, 9.17) is 5.11 Å². The van der Waals surface area contributed by atoms with Crippen molar-refractivity contribution < 1.29 is 13.9 Å². The second-order valence-electron chi connectivity index (χ2n) is 3.18. The van der Waals surface area contributed by atoms with E-state index in [1.54, 1.807) is 6.92 Å². The van der Waals surface area contributed by atoms with Crippen LogP contribution in [0.25, 0.3) is 0 Å². The van der Waals surface area contributed by atoms with Gasteiger partial charge in [-0.3, -0.25) is 0 Å². The average molecular weight is 166 g/mol. The number of aliphatic hydroxyl groups is 1. The van der Waals surface area contributed by atoms with Crippen LogP contribution in [0.15, 0.2) is 0 Å². The summed E-state index contributed by atoms with van der Waals surface area (Å²) in [7, 11) is 0. The van der Waals surface area contributed by atoms with E-state index in [0.29, 0.717) is 0 Å². The molecule has 1 nitrogen and oxygen atoms in total. The van der Waals surface area contributed by atoms with Gasteiger partial charge in [0, 0.05) is 24.9 Å². The summed E-state index contributed by atoms with van der Waals surface area (Å²) in [5.74, 6) is -2.50. The second-order valence-corrected chi connectivity index (χ2v) is 3.18. The van der Waals surface area contributed by atoms with Gasteiger partial charge in [0.15, 0.2) is 0 Å². The van der Waals surface area contributed by atoms with Crippen molar-refractivity contribution in [1.29, 1.82) is 0 Å². The van der Waals surface area contributed by atoms with Crippen LogP contribution in [0.4, 0.5) is 8.78 Å². The third-order valence-corrected chi connectivity index (χ3v) is 1.75. The normalized spacial score (nSPS) is 24.5. The highest BCUT2D eigenvalue weighted by atomic mass is 19.3. The molecular formula is C8H16F2O. The first-order chi connectivity index (χ1) is 4.97. The zero-order valence-corrected chi connectivity index (χ0v) is 7.32. The molecule has 0 saturated heterocycles. The molecule has 68 valence electrons. The molecule has 3 heteroatoms. The highest BCUT2D eigenvalue weighted by Gasteiger charge is 2.53. The van der Waals surface area contributed by atoms with Crippen LogP contribution in [0.5, 0.6) is 0 Å². The van der Waals surface area contributed by atoms with Crippen molar-refractivity contribution in [2.75, 3.05) is 6.61 Å². The first-order valence-corrected chi connectivity index (χ1v) is 3.96. The van der Waals surface area contributed by atoms with Crippen molar-refractivity contribution in [3.8, 4) is 0 Å². The Morgan fingerprint density at radius 3 is 1.73 bits per heavy atom. The Hall–Kier alpha value is -0.180. The minimum Gasteiger partial charge on any atom is -0.396 e. The van der Waals surface area contributed by atoms with Gasteiger partial charge in [-0.1, -0.05) is 20.8 Å². The van der Waals surface area contributed by atoms with Gasteiger partial charge in [0.2, 0.25) is 5.92 Å². The van der Waals surface area contributed by atoms with Crippen LogP contribution in [0.1, 0.15) is 33.6 Å². The zero-order chi connectivity index (χ0) is 9.12. The molecule has 1 aliphatic rings. The molecule has 0 aromatic carbocycles. The van der Waals surface area contributed by atoms with Crippen molar-refractivity contribution >= 4 is 0 Å². The fourth-order valence-corrected chi connectivity index (χ4v) is 1.31. The summed E-state index contributed by atoms with van der Waals surface area (Å²) in [6.07, 6.45) is -0.312. The highest BCUT2D eigenvalue weighted by molar-refractivity contribution is 4.95. The van der Waals surface area contributed by atoms with Crippen molar-refractivity contribution in [1.82, 2.24) is 0 Å². The van der Waals surface area contributed by atoms with Gasteiger partial charge in [-0.2, -0.15) is 0 Å². The van der Waals surface area contributed by atoms with Gasteiger partial charge in [0.05, 0.1) is 0 Å². The van der Waals surface area contributed by atoms with Crippen molar-refractivity contribution in [2.24, 2.45) is 5.41 Å². The van der Waals surface area contributed by atoms with Crippen molar-refractivity contribution in [2.45, 2.75) is 39.5 Å². The summed E-state index contributed by atoms with van der Waals surface area (Å²) in [6, 6.07) is 0. The highest BCUT2D eigenvalue weighted by Crippen LogP contribution is 2.51. The summed E-state index contributed by atoms with van der Waals surface area (Å²) in [6.45, 7) is 5.55. The molecule has 1 fully saturated rings. The van der Waals surface area contributed by atoms with Crippen LogP contribution in [0.2, 0.25) is 0 Å². The molecule has 0 aromatic heterocycles. The van der Waals surface area contributed by atoms with E-state index in [9.17, 15) is 8.78 Å². The van der Waals surface area contributed by atoms with Gasteiger partial charge >= 0.3 is 0 Å². The molecule has 0 aliphatic heterocycles. The number of hydrogen-bond donors (Lipinski definition) is 1. The maximum absolute atomic E-state index is 12.1. The first kappa shape index (κ1) is 10.8. The van der Waals surface area contributed by atoms with Crippen molar-refractivity contribution in [3.05, 3.63) is 0 Å². The molecular weight excluding hydrogens is 150 g/mol. The molecule has 0 unspecified atom stereocenters. The Kier molecular flexibility index (Phi) is 3.42. The van der Waals surface area contributed by atoms with E-state index in [0.717, 1.165) is 0 Å². The third-order valence-electron chi connectivity index (χ3n) is 1.75. The first-order valence-electron chi connectivity index (χ1n) is 3.96. The largest absolute Gasteiger partial charge is 0.396 e. The van der Waals surface area contributed by atoms with E-state index in [1.807, 2.05) is 13.8 Å². The Bertz CT molecular complexity index is 115. The predicted octanol–water partition coefficient (Wildman–Crippen LogP) is 2.44. The quantitative estimate of drug-likeness (QED) is 0.634. The molecule has 1 saturated carbocycles. The summed E-state index contributed by atoms with van der Waals surface area (Å²) in [5, 5.41) is 8.54. The lowest BCUT2D eigenvalue weighted by Crippen LogP contribution is -2.46. The monoisotopic (exact) mass is 166 g/mol. The molecule has 0 atom stereocenters. The van der Waals surface area contributed by atoms with Gasteiger partial charge in [0.25, 0.3) is 0 Å². The molecule has 0 radical (unpaired) electrons. The molecule has 0 spiro atoms. The summed E-state index contributed by atoms with van der Waals surface area (Å²) in [4.78, 5) is 0. The Labute approximate surface area is 66.4 Å². The van der Waals surface area contributed by atoms with E-state index in [1.165, 1.54) is 0 Å². The topological polar surface area (TPSA) is 20.2 Å². The van der Waals surface area contributed by atoms with Crippen LogP contribution in [-0.2, 0) is 0 Å². The molecule has 0 amide bonds. The Morgan fingerprint density at radius 1 is 1.27 bits per heavy atom. The van der Waals surface area contributed by atoms with E-state index < -0.39 is 11.3 Å². The number of halogens is 2. The minimum atomic E-state index is -2.50. The fraction of sp³-hybridized carbons (Fsp3) is 1.00. The SMILES string of the molecule is CC.CC1(CO)CC(F)(F)C1. The lowest BCUT2D eigenvalue weighted by Gasteiger charge is -2.43. The summed E-state index contributed by atoms with van der Waals surface area (Å²) in [5.41, 5.74) is -0.497. The molecule has 1 N–H and O–H groups in total. The van der Waals surface area contributed by atoms with Gasteiger partial charge in [-0.15, -0.1) is 0 Å². The third kappa shape index (κ3) is 2.73. The van der Waals surface area contributed by atoms with Crippen LogP contribution in [0.3, 0.4) is 0 Å². The molecule has 0 aromatic rings. The van der Waals surface area contributed by atoms with E-state index in [2.05, 4.69) is 0 Å². The van der Waals surface area contributed by atoms with Gasteiger partial charge in [-0.05, 0) is 0 Å². The smallest absolute Gasteiger partial charge is 0.249 e. The van der Waals surface area contributed by atoms with E-state index in [-0.39, 0.29) is 19.4 Å². The van der Waals surface area contributed by atoms with Crippen LogP contribution < -0.4 is 0 Å². The lowest BCUT2D eigenvalue weighted by atomic mass is 9.68. The van der Waals surface area contributed by atoms with Crippen LogP contribution in [-0.4, -0.2) is 17.6 Å². The van der Waals surface area contributed by atoms with Crippen LogP contribution >= 0.6 is 0 Å². The Morgan fingerprint density at radius 2 is 1.64 bits per heavy atom. The summed E-state index contributed by atoms with van der Waals surface area (Å²) >= 11 is 0. The predicted molar refractivity (Wildman–Crippen MR) is 40.7 cm³/mol. The lowest BCUT2D eigenvalue weighted by molar-refractivity contribution is -0.167. The maximum atomic E-state index is 12.1. The fourth-order valence-electron chi connectivity index (χ4n) is 1.31. The van der Waals surface area contributed by atoms with Crippen molar-refractivity contribution in [3.63, 3.8) is 0 Å². The van der Waals surface area contributed by atoms with Gasteiger partial charge in [0.1, 0.15) is 0 Å². The second kappa shape index (κ2) is 3.48. The molecule has 1 rings (SSSR count). The van der Waals surface area contributed by atoms with Gasteiger partial charge < -0.3 is 5.11 Å². The number of rotatable bonds is 1. The molecule has 0 heterocycles. The number of alkyl halides is 2.